The van der Waals surface area contributed by atoms with E-state index >= 15 is 0 Å². The molecule has 3 N–H and O–H groups in total. The van der Waals surface area contributed by atoms with Gasteiger partial charge in [-0.3, -0.25) is 4.99 Å². The lowest BCUT2D eigenvalue weighted by Gasteiger charge is -2.24. The molecule has 0 saturated heterocycles. The molecule has 0 aromatic heterocycles. The number of nitrogens with two attached hydrogens (primary N) is 1. The van der Waals surface area contributed by atoms with E-state index in [2.05, 4.69) is 10.3 Å². The molecule has 2 aromatic carbocycles. The molecule has 28 heavy (non-hydrogen) atoms. The molecule has 6 nitrogen and oxygen atoms in total. The standard InChI is InChI=1S/C19H24F2N4O2.HI/c1-25(2)15(18-13(20)6-5-7-14(18)21)11-23-19(22)24-12-8-9-16(26-3)17(10-12)27-4;/h5-10,15H,11H2,1-4H3,(H3,22,23,24);1H. The van der Waals surface area contributed by atoms with Crippen LogP contribution in [-0.2, 0) is 0 Å². The van der Waals surface area contributed by atoms with Crippen molar-refractivity contribution in [2.75, 3.05) is 40.2 Å². The maximum Gasteiger partial charge on any atom is 0.193 e. The Balaban J connectivity index is 0.00000392. The Bertz CT molecular complexity index is 798. The monoisotopic (exact) mass is 506 g/mol. The Hall–Kier alpha value is -2.14. The van der Waals surface area contributed by atoms with Crippen molar-refractivity contribution in [2.24, 2.45) is 10.7 Å². The van der Waals surface area contributed by atoms with Crippen molar-refractivity contribution in [1.82, 2.24) is 4.90 Å². The van der Waals surface area contributed by atoms with Crippen LogP contribution in [0.25, 0.3) is 0 Å². The molecule has 0 aliphatic heterocycles. The first-order valence-corrected chi connectivity index (χ1v) is 8.26. The maximum atomic E-state index is 14.1. The van der Waals surface area contributed by atoms with Crippen LogP contribution in [0.4, 0.5) is 14.5 Å². The number of halogens is 3. The predicted molar refractivity (Wildman–Crippen MR) is 118 cm³/mol. The molecule has 0 amide bonds. The minimum Gasteiger partial charge on any atom is -0.493 e. The average molecular weight is 506 g/mol. The largest absolute Gasteiger partial charge is 0.493 e. The third kappa shape index (κ3) is 5.93. The molecule has 0 radical (unpaired) electrons. The van der Waals surface area contributed by atoms with Crippen molar-refractivity contribution >= 4 is 35.6 Å². The van der Waals surface area contributed by atoms with Gasteiger partial charge in [-0.1, -0.05) is 6.07 Å². The van der Waals surface area contributed by atoms with Gasteiger partial charge in [0, 0.05) is 17.3 Å². The van der Waals surface area contributed by atoms with Crippen molar-refractivity contribution in [2.45, 2.75) is 6.04 Å². The van der Waals surface area contributed by atoms with Crippen LogP contribution < -0.4 is 20.5 Å². The zero-order chi connectivity index (χ0) is 20.0. The van der Waals surface area contributed by atoms with Crippen LogP contribution >= 0.6 is 24.0 Å². The summed E-state index contributed by atoms with van der Waals surface area (Å²) >= 11 is 0. The van der Waals surface area contributed by atoms with Gasteiger partial charge in [-0.05, 0) is 38.4 Å². The van der Waals surface area contributed by atoms with E-state index in [0.29, 0.717) is 17.2 Å². The minimum absolute atomic E-state index is 0. The minimum atomic E-state index is -0.615. The van der Waals surface area contributed by atoms with Crippen LogP contribution in [0.1, 0.15) is 11.6 Å². The topological polar surface area (TPSA) is 72.1 Å². The zero-order valence-electron chi connectivity index (χ0n) is 16.2. The predicted octanol–water partition coefficient (Wildman–Crippen LogP) is 3.63. The van der Waals surface area contributed by atoms with E-state index in [9.17, 15) is 8.78 Å². The van der Waals surface area contributed by atoms with Gasteiger partial charge in [-0.25, -0.2) is 8.78 Å². The number of ether oxygens (including phenoxy) is 2. The van der Waals surface area contributed by atoms with E-state index in [-0.39, 0.29) is 42.0 Å². The zero-order valence-corrected chi connectivity index (χ0v) is 18.5. The first-order chi connectivity index (χ1) is 12.9. The van der Waals surface area contributed by atoms with E-state index in [0.717, 1.165) is 0 Å². The van der Waals surface area contributed by atoms with Crippen LogP contribution in [0.15, 0.2) is 41.4 Å². The van der Waals surface area contributed by atoms with Gasteiger partial charge in [0.2, 0.25) is 0 Å². The van der Waals surface area contributed by atoms with Gasteiger partial charge in [-0.2, -0.15) is 0 Å². The number of nitrogens with one attached hydrogen (secondary N) is 1. The average Bonchev–Trinajstić information content (AvgIpc) is 2.63. The highest BCUT2D eigenvalue weighted by molar-refractivity contribution is 14.0. The molecule has 1 unspecified atom stereocenters. The Labute approximate surface area is 180 Å². The van der Waals surface area contributed by atoms with Gasteiger partial charge in [0.1, 0.15) is 11.6 Å². The van der Waals surface area contributed by atoms with Crippen molar-refractivity contribution < 1.29 is 18.3 Å². The van der Waals surface area contributed by atoms with Crippen LogP contribution in [0.3, 0.4) is 0 Å². The Kier molecular flexibility index (Phi) is 9.39. The number of anilines is 1. The summed E-state index contributed by atoms with van der Waals surface area (Å²) in [5, 5.41) is 2.93. The number of hydrogen-bond acceptors (Lipinski definition) is 4. The van der Waals surface area contributed by atoms with Gasteiger partial charge in [0.25, 0.3) is 0 Å². The number of aliphatic imine (C=N–C) groups is 1. The number of likely N-dealkylation sites (N-methyl/N-ethyl adjacent to an activating group) is 1. The summed E-state index contributed by atoms with van der Waals surface area (Å²) in [4.78, 5) is 5.92. The van der Waals surface area contributed by atoms with Gasteiger partial charge in [0.15, 0.2) is 17.5 Å². The molecule has 0 heterocycles. The highest BCUT2D eigenvalue weighted by Gasteiger charge is 2.22. The number of benzene rings is 2. The maximum absolute atomic E-state index is 14.1. The summed E-state index contributed by atoms with van der Waals surface area (Å²) < 4.78 is 38.6. The van der Waals surface area contributed by atoms with E-state index < -0.39 is 17.7 Å². The highest BCUT2D eigenvalue weighted by atomic mass is 127. The molecular formula is C19H25F2IN4O2. The molecule has 0 aliphatic carbocycles. The Morgan fingerprint density at radius 3 is 2.25 bits per heavy atom. The lowest BCUT2D eigenvalue weighted by Crippen LogP contribution is -2.28. The number of guanidine groups is 1. The molecule has 0 aliphatic rings. The molecule has 2 aromatic rings. The first kappa shape index (κ1) is 23.9. The molecule has 0 bridgehead atoms. The fraction of sp³-hybridized carbons (Fsp3) is 0.316. The van der Waals surface area contributed by atoms with Gasteiger partial charge < -0.3 is 25.4 Å². The van der Waals surface area contributed by atoms with Gasteiger partial charge in [0.05, 0.1) is 26.8 Å². The van der Waals surface area contributed by atoms with E-state index in [4.69, 9.17) is 15.2 Å². The van der Waals surface area contributed by atoms with Crippen LogP contribution in [-0.4, -0.2) is 45.7 Å². The first-order valence-electron chi connectivity index (χ1n) is 8.26. The van der Waals surface area contributed by atoms with E-state index in [1.54, 1.807) is 44.3 Å². The lowest BCUT2D eigenvalue weighted by molar-refractivity contribution is 0.290. The summed E-state index contributed by atoms with van der Waals surface area (Å²) in [6.07, 6.45) is 0. The second-order valence-corrected chi connectivity index (χ2v) is 6.04. The Morgan fingerprint density at radius 2 is 1.71 bits per heavy atom. The highest BCUT2D eigenvalue weighted by Crippen LogP contribution is 2.29. The normalized spacial score (nSPS) is 12.3. The Morgan fingerprint density at radius 1 is 1.11 bits per heavy atom. The SMILES string of the molecule is COc1ccc(NC(N)=NCC(c2c(F)cccc2F)N(C)C)cc1OC.I. The molecule has 0 fully saturated rings. The second-order valence-electron chi connectivity index (χ2n) is 6.04. The molecule has 9 heteroatoms. The molecule has 2 rings (SSSR count). The summed E-state index contributed by atoms with van der Waals surface area (Å²) in [6.45, 7) is 0.0803. The van der Waals surface area contributed by atoms with Crippen LogP contribution in [0.5, 0.6) is 11.5 Å². The van der Waals surface area contributed by atoms with Crippen LogP contribution in [0.2, 0.25) is 0 Å². The third-order valence-corrected chi connectivity index (χ3v) is 4.05. The van der Waals surface area contributed by atoms with Crippen molar-refractivity contribution in [3.8, 4) is 11.5 Å². The number of methoxy groups -OCH3 is 2. The molecule has 0 saturated carbocycles. The quantitative estimate of drug-likeness (QED) is 0.341. The summed E-state index contributed by atoms with van der Waals surface area (Å²) in [7, 11) is 6.53. The lowest BCUT2D eigenvalue weighted by atomic mass is 10.0. The van der Waals surface area contributed by atoms with Gasteiger partial charge in [-0.15, -0.1) is 24.0 Å². The van der Waals surface area contributed by atoms with E-state index in [1.807, 2.05) is 0 Å². The molecule has 154 valence electrons. The van der Waals surface area contributed by atoms with Gasteiger partial charge >= 0.3 is 0 Å². The summed E-state index contributed by atoms with van der Waals surface area (Å²) in [5.41, 5.74) is 6.54. The molecule has 1 atom stereocenters. The van der Waals surface area contributed by atoms with E-state index in [1.165, 1.54) is 25.3 Å². The number of nitrogens with zero attached hydrogens (tertiary/aromatic N) is 2. The summed E-state index contributed by atoms with van der Waals surface area (Å²) in [6, 6.07) is 8.37. The molecular weight excluding hydrogens is 481 g/mol. The second kappa shape index (κ2) is 11.0. The number of rotatable bonds is 7. The fourth-order valence-corrected chi connectivity index (χ4v) is 2.63. The van der Waals surface area contributed by atoms with Crippen molar-refractivity contribution in [3.05, 3.63) is 53.6 Å². The number of hydrogen-bond donors (Lipinski definition) is 2. The molecule has 0 spiro atoms. The fourth-order valence-electron chi connectivity index (χ4n) is 2.63. The van der Waals surface area contributed by atoms with Crippen LogP contribution in [0, 0.1) is 11.6 Å². The smallest absolute Gasteiger partial charge is 0.193 e. The van der Waals surface area contributed by atoms with Crippen molar-refractivity contribution in [3.63, 3.8) is 0 Å². The van der Waals surface area contributed by atoms with Crippen molar-refractivity contribution in [1.29, 1.82) is 0 Å². The summed E-state index contributed by atoms with van der Waals surface area (Å²) in [5.74, 6) is 0.00705. The third-order valence-electron chi connectivity index (χ3n) is 4.05.